The van der Waals surface area contributed by atoms with Gasteiger partial charge in [-0.2, -0.15) is 0 Å². The largest absolute Gasteiger partial charge is 0.335 e. The maximum absolute atomic E-state index is 12.9. The van der Waals surface area contributed by atoms with Crippen LogP contribution in [0.2, 0.25) is 0 Å². The van der Waals surface area contributed by atoms with Crippen LogP contribution in [0, 0.1) is 0 Å². The fraction of sp³-hybridized carbons (Fsp3) is 0.0625. The minimum atomic E-state index is -1.63. The number of halogens is 1. The highest BCUT2D eigenvalue weighted by atomic mass is 79.9. The normalized spacial score (nSPS) is 21.7. The summed E-state index contributed by atoms with van der Waals surface area (Å²) in [4.78, 5) is 38.2. The molecule has 0 radical (unpaired) electrons. The van der Waals surface area contributed by atoms with Crippen molar-refractivity contribution in [2.45, 2.75) is 4.32 Å². The van der Waals surface area contributed by atoms with E-state index in [-0.39, 0.29) is 0 Å². The maximum atomic E-state index is 12.9. The smallest absolute Gasteiger partial charge is 0.275 e. The van der Waals surface area contributed by atoms with E-state index in [0.29, 0.717) is 11.3 Å². The minimum absolute atomic E-state index is 0.400. The van der Waals surface area contributed by atoms with E-state index in [2.05, 4.69) is 21.2 Å². The Balaban J connectivity index is 2.11. The molecule has 2 aromatic carbocycles. The Bertz CT molecular complexity index is 749. The number of nitrogens with one attached hydrogen (secondary N) is 1. The first-order chi connectivity index (χ1) is 10.5. The van der Waals surface area contributed by atoms with Gasteiger partial charge in [-0.3, -0.25) is 14.9 Å². The summed E-state index contributed by atoms with van der Waals surface area (Å²) >= 11 is 3.24. The van der Waals surface area contributed by atoms with Crippen LogP contribution in [0.1, 0.15) is 5.56 Å². The molecule has 1 unspecified atom stereocenters. The summed E-state index contributed by atoms with van der Waals surface area (Å²) in [5.74, 6) is -1.33. The van der Waals surface area contributed by atoms with E-state index in [1.54, 1.807) is 60.7 Å². The molecule has 1 saturated heterocycles. The molecule has 0 aromatic heterocycles. The Kier molecular flexibility index (Phi) is 3.54. The number of benzene rings is 2. The molecule has 1 aliphatic heterocycles. The fourth-order valence-corrected chi connectivity index (χ4v) is 2.86. The molecule has 0 aliphatic carbocycles. The van der Waals surface area contributed by atoms with Crippen LogP contribution < -0.4 is 10.2 Å². The van der Waals surface area contributed by atoms with Crippen molar-refractivity contribution in [3.8, 4) is 0 Å². The number of imide groups is 2. The van der Waals surface area contributed by atoms with Gasteiger partial charge in [0.25, 0.3) is 11.8 Å². The van der Waals surface area contributed by atoms with Crippen molar-refractivity contribution >= 4 is 39.5 Å². The Hall–Kier alpha value is -2.47. The topological polar surface area (TPSA) is 66.5 Å². The van der Waals surface area contributed by atoms with E-state index in [4.69, 9.17) is 0 Å². The van der Waals surface area contributed by atoms with Crippen LogP contribution in [0.4, 0.5) is 10.5 Å². The molecule has 1 atom stereocenters. The number of rotatable bonds is 2. The summed E-state index contributed by atoms with van der Waals surface area (Å²) in [7, 11) is 0. The molecular weight excluding hydrogens is 348 g/mol. The molecule has 110 valence electrons. The lowest BCUT2D eigenvalue weighted by Crippen LogP contribution is -2.64. The van der Waals surface area contributed by atoms with Gasteiger partial charge in [-0.1, -0.05) is 64.5 Å². The Morgan fingerprint density at radius 1 is 0.864 bits per heavy atom. The summed E-state index contributed by atoms with van der Waals surface area (Å²) in [6, 6.07) is 16.3. The number of nitrogens with zero attached hydrogens (tertiary/aromatic N) is 1. The molecule has 2 aromatic rings. The van der Waals surface area contributed by atoms with Crippen molar-refractivity contribution in [1.82, 2.24) is 5.32 Å². The molecule has 1 fully saturated rings. The number of barbiturate groups is 1. The average molecular weight is 359 g/mol. The van der Waals surface area contributed by atoms with Crippen molar-refractivity contribution in [1.29, 1.82) is 0 Å². The zero-order chi connectivity index (χ0) is 15.7. The van der Waals surface area contributed by atoms with Crippen molar-refractivity contribution in [3.63, 3.8) is 0 Å². The quantitative estimate of drug-likeness (QED) is 0.662. The lowest BCUT2D eigenvalue weighted by atomic mass is 9.94. The van der Waals surface area contributed by atoms with Crippen molar-refractivity contribution in [2.75, 3.05) is 4.90 Å². The van der Waals surface area contributed by atoms with Crippen molar-refractivity contribution in [2.24, 2.45) is 0 Å². The van der Waals surface area contributed by atoms with E-state index < -0.39 is 22.2 Å². The van der Waals surface area contributed by atoms with Crippen LogP contribution in [-0.4, -0.2) is 17.8 Å². The van der Waals surface area contributed by atoms with Gasteiger partial charge in [0.05, 0.1) is 5.69 Å². The second kappa shape index (κ2) is 5.38. The Morgan fingerprint density at radius 3 is 2.00 bits per heavy atom. The van der Waals surface area contributed by atoms with Crippen LogP contribution in [0.3, 0.4) is 0 Å². The number of hydrogen-bond donors (Lipinski definition) is 1. The molecular formula is C16H11BrN2O3. The number of amides is 4. The second-order valence-corrected chi connectivity index (χ2v) is 5.95. The lowest BCUT2D eigenvalue weighted by Gasteiger charge is -2.35. The van der Waals surface area contributed by atoms with Gasteiger partial charge in [0, 0.05) is 0 Å². The molecule has 1 N–H and O–H groups in total. The van der Waals surface area contributed by atoms with E-state index in [1.165, 1.54) is 0 Å². The summed E-state index contributed by atoms with van der Waals surface area (Å²) in [5.41, 5.74) is 0.864. The van der Waals surface area contributed by atoms with Gasteiger partial charge < -0.3 is 0 Å². The third-order valence-electron chi connectivity index (χ3n) is 3.42. The van der Waals surface area contributed by atoms with Gasteiger partial charge >= 0.3 is 6.03 Å². The predicted molar refractivity (Wildman–Crippen MR) is 84.5 cm³/mol. The van der Waals surface area contributed by atoms with Gasteiger partial charge in [0.1, 0.15) is 0 Å². The van der Waals surface area contributed by atoms with Crippen LogP contribution in [0.25, 0.3) is 0 Å². The molecule has 4 amide bonds. The van der Waals surface area contributed by atoms with E-state index in [9.17, 15) is 14.4 Å². The number of anilines is 1. The van der Waals surface area contributed by atoms with Crippen LogP contribution in [0.5, 0.6) is 0 Å². The van der Waals surface area contributed by atoms with Gasteiger partial charge in [0.15, 0.2) is 0 Å². The lowest BCUT2D eigenvalue weighted by molar-refractivity contribution is -0.132. The number of carbonyl (C=O) groups excluding carboxylic acids is 3. The third-order valence-corrected chi connectivity index (χ3v) is 4.58. The highest BCUT2D eigenvalue weighted by Gasteiger charge is 2.54. The molecule has 1 heterocycles. The Labute approximate surface area is 135 Å². The van der Waals surface area contributed by atoms with Gasteiger partial charge in [-0.25, -0.2) is 9.69 Å². The molecule has 1 aliphatic rings. The molecule has 6 heteroatoms. The van der Waals surface area contributed by atoms with E-state index in [0.717, 1.165) is 4.90 Å². The Morgan fingerprint density at radius 2 is 1.41 bits per heavy atom. The second-order valence-electron chi connectivity index (χ2n) is 4.76. The summed E-state index contributed by atoms with van der Waals surface area (Å²) in [6.07, 6.45) is 0. The predicted octanol–water partition coefficient (Wildman–Crippen LogP) is 2.56. The molecule has 0 spiro atoms. The first kappa shape index (κ1) is 14.5. The number of urea groups is 1. The number of carbonyl (C=O) groups is 3. The summed E-state index contributed by atoms with van der Waals surface area (Å²) in [6.45, 7) is 0. The molecule has 0 bridgehead atoms. The monoisotopic (exact) mass is 358 g/mol. The van der Waals surface area contributed by atoms with Crippen LogP contribution >= 0.6 is 15.9 Å². The number of alkyl halides is 1. The van der Waals surface area contributed by atoms with E-state index in [1.807, 2.05) is 0 Å². The van der Waals surface area contributed by atoms with Gasteiger partial charge in [-0.05, 0) is 17.7 Å². The average Bonchev–Trinajstić information content (AvgIpc) is 2.54. The van der Waals surface area contributed by atoms with Crippen LogP contribution in [0.15, 0.2) is 60.7 Å². The number of hydrogen-bond acceptors (Lipinski definition) is 3. The zero-order valence-electron chi connectivity index (χ0n) is 11.3. The van der Waals surface area contributed by atoms with Crippen LogP contribution in [-0.2, 0) is 13.9 Å². The summed E-state index contributed by atoms with van der Waals surface area (Å²) < 4.78 is -1.63. The first-order valence-corrected chi connectivity index (χ1v) is 7.34. The van der Waals surface area contributed by atoms with E-state index >= 15 is 0 Å². The highest BCUT2D eigenvalue weighted by molar-refractivity contribution is 9.10. The molecule has 22 heavy (non-hydrogen) atoms. The SMILES string of the molecule is O=C1NC(=O)C(Br)(c2ccccc2)C(=O)N1c1ccccc1. The molecule has 5 nitrogen and oxygen atoms in total. The molecule has 0 saturated carbocycles. The standard InChI is InChI=1S/C16H11BrN2O3/c17-16(11-7-3-1-4-8-11)13(20)18-15(22)19(14(16)21)12-9-5-2-6-10-12/h1-10H,(H,18,20,22). The third kappa shape index (κ3) is 2.12. The minimum Gasteiger partial charge on any atom is -0.275 e. The van der Waals surface area contributed by atoms with Gasteiger partial charge in [-0.15, -0.1) is 0 Å². The molecule has 3 rings (SSSR count). The van der Waals surface area contributed by atoms with Crippen molar-refractivity contribution < 1.29 is 14.4 Å². The summed E-state index contributed by atoms with van der Waals surface area (Å²) in [5, 5.41) is 2.23. The first-order valence-electron chi connectivity index (χ1n) is 6.54. The van der Waals surface area contributed by atoms with Gasteiger partial charge in [0.2, 0.25) is 4.32 Å². The number of para-hydroxylation sites is 1. The zero-order valence-corrected chi connectivity index (χ0v) is 12.9. The fourth-order valence-electron chi connectivity index (χ4n) is 2.32. The highest BCUT2D eigenvalue weighted by Crippen LogP contribution is 2.37. The van der Waals surface area contributed by atoms with Crippen molar-refractivity contribution in [3.05, 3.63) is 66.2 Å². The maximum Gasteiger partial charge on any atom is 0.335 e.